The number of allylic oxidation sites excluding steroid dienone is 1. The zero-order valence-corrected chi connectivity index (χ0v) is 15.7. The lowest BCUT2D eigenvalue weighted by molar-refractivity contribution is -0.384. The lowest BCUT2D eigenvalue weighted by Crippen LogP contribution is -2.40. The van der Waals surface area contributed by atoms with Gasteiger partial charge in [0.15, 0.2) is 17.2 Å². The topological polar surface area (TPSA) is 131 Å². The van der Waals surface area contributed by atoms with Gasteiger partial charge in [-0.3, -0.25) is 19.7 Å². The Balaban J connectivity index is 2.49. The third kappa shape index (κ3) is 4.30. The fourth-order valence-electron chi connectivity index (χ4n) is 2.84. The number of hydrogen-bond donors (Lipinski definition) is 1. The van der Waals surface area contributed by atoms with E-state index in [1.807, 2.05) is 0 Å². The van der Waals surface area contributed by atoms with Gasteiger partial charge < -0.3 is 9.84 Å². The monoisotopic (exact) mass is 395 g/mol. The number of carbonyl (C=O) groups excluding carboxylic acids is 2. The molecular formula is C17H18ClN3O6. The first kappa shape index (κ1) is 20.5. The summed E-state index contributed by atoms with van der Waals surface area (Å²) in [6.07, 6.45) is -0.0718. The number of benzene rings is 1. The number of esters is 1. The molecule has 0 radical (unpaired) electrons. The number of aliphatic hydroxyl groups is 1. The van der Waals surface area contributed by atoms with Crippen molar-refractivity contribution in [2.75, 3.05) is 6.61 Å². The number of ketones is 1. The number of Topliss-reactive ketones (excluding diaryl/α,β-unsaturated/α-hetero) is 1. The summed E-state index contributed by atoms with van der Waals surface area (Å²) in [7, 11) is 0. The molecule has 0 aromatic heterocycles. The van der Waals surface area contributed by atoms with E-state index in [2.05, 4.69) is 10.2 Å². The van der Waals surface area contributed by atoms with Crippen LogP contribution in [0.25, 0.3) is 0 Å². The Hall–Kier alpha value is -2.81. The molecule has 1 aromatic carbocycles. The third-order valence-corrected chi connectivity index (χ3v) is 4.33. The molecular weight excluding hydrogens is 378 g/mol. The number of aliphatic hydroxyl groups excluding tert-OH is 1. The van der Waals surface area contributed by atoms with Gasteiger partial charge in [-0.05, 0) is 24.5 Å². The standard InChI is InChI=1S/C17H18ClN3O6/c1-4-27-16(24)13-15(23)14(12(22)8-17(13,2)3)20-19-10-6-5-9(18)7-11(10)21(25)26/h5-7,13,23H,4,8H2,1-3H3. The van der Waals surface area contributed by atoms with Crippen molar-refractivity contribution in [3.05, 3.63) is 44.8 Å². The van der Waals surface area contributed by atoms with Gasteiger partial charge in [0.2, 0.25) is 0 Å². The van der Waals surface area contributed by atoms with Crippen molar-refractivity contribution in [3.8, 4) is 0 Å². The van der Waals surface area contributed by atoms with Crippen LogP contribution in [-0.4, -0.2) is 28.4 Å². The smallest absolute Gasteiger partial charge is 0.317 e. The Morgan fingerprint density at radius 3 is 2.70 bits per heavy atom. The van der Waals surface area contributed by atoms with Crippen LogP contribution in [0.2, 0.25) is 5.02 Å². The first-order valence-corrected chi connectivity index (χ1v) is 8.45. The van der Waals surface area contributed by atoms with Crippen LogP contribution in [0.3, 0.4) is 0 Å². The summed E-state index contributed by atoms with van der Waals surface area (Å²) in [4.78, 5) is 35.0. The van der Waals surface area contributed by atoms with E-state index in [1.165, 1.54) is 12.1 Å². The van der Waals surface area contributed by atoms with E-state index < -0.39 is 45.2 Å². The second-order valence-electron chi connectivity index (χ2n) is 6.60. The predicted octanol–water partition coefficient (Wildman–Crippen LogP) is 4.28. The molecule has 2 rings (SSSR count). The van der Waals surface area contributed by atoms with Crippen molar-refractivity contribution in [2.45, 2.75) is 27.2 Å². The fourth-order valence-corrected chi connectivity index (χ4v) is 3.01. The molecule has 144 valence electrons. The molecule has 1 N–H and O–H groups in total. The van der Waals surface area contributed by atoms with E-state index in [-0.39, 0.29) is 23.7 Å². The number of azo groups is 1. The minimum Gasteiger partial charge on any atom is -0.509 e. The van der Waals surface area contributed by atoms with Crippen LogP contribution in [-0.2, 0) is 14.3 Å². The lowest BCUT2D eigenvalue weighted by atomic mass is 9.70. The highest BCUT2D eigenvalue weighted by atomic mass is 35.5. The molecule has 0 heterocycles. The number of hydrogen-bond acceptors (Lipinski definition) is 8. The average Bonchev–Trinajstić information content (AvgIpc) is 2.54. The Morgan fingerprint density at radius 2 is 2.11 bits per heavy atom. The van der Waals surface area contributed by atoms with Crippen molar-refractivity contribution in [2.24, 2.45) is 21.6 Å². The summed E-state index contributed by atoms with van der Waals surface area (Å²) in [5, 5.41) is 29.1. The van der Waals surface area contributed by atoms with E-state index in [0.29, 0.717) is 0 Å². The van der Waals surface area contributed by atoms with Crippen LogP contribution in [0.4, 0.5) is 11.4 Å². The predicted molar refractivity (Wildman–Crippen MR) is 95.8 cm³/mol. The quantitative estimate of drug-likeness (QED) is 0.342. The van der Waals surface area contributed by atoms with Gasteiger partial charge in [0, 0.05) is 17.5 Å². The highest BCUT2D eigenvalue weighted by Crippen LogP contribution is 2.43. The van der Waals surface area contributed by atoms with Crippen LogP contribution in [0, 0.1) is 21.4 Å². The minimum absolute atomic E-state index is 0.0718. The molecule has 0 spiro atoms. The average molecular weight is 396 g/mol. The number of ether oxygens (including phenoxy) is 1. The maximum atomic E-state index is 12.4. The van der Waals surface area contributed by atoms with Crippen molar-refractivity contribution in [3.63, 3.8) is 0 Å². The fraction of sp³-hybridized carbons (Fsp3) is 0.412. The van der Waals surface area contributed by atoms with Gasteiger partial charge in [-0.2, -0.15) is 0 Å². The molecule has 1 unspecified atom stereocenters. The Bertz CT molecular complexity index is 862. The second kappa shape index (κ2) is 7.83. The summed E-state index contributed by atoms with van der Waals surface area (Å²) < 4.78 is 4.98. The molecule has 0 amide bonds. The summed E-state index contributed by atoms with van der Waals surface area (Å²) in [5.74, 6) is -2.87. The molecule has 1 aliphatic rings. The van der Waals surface area contributed by atoms with Gasteiger partial charge in [0.25, 0.3) is 5.69 Å². The second-order valence-corrected chi connectivity index (χ2v) is 7.03. The number of nitro groups is 1. The summed E-state index contributed by atoms with van der Waals surface area (Å²) in [6.45, 7) is 5.04. The zero-order valence-electron chi connectivity index (χ0n) is 14.9. The number of carbonyl (C=O) groups is 2. The van der Waals surface area contributed by atoms with Gasteiger partial charge >= 0.3 is 5.97 Å². The number of nitro benzene ring substituents is 1. The highest BCUT2D eigenvalue weighted by Gasteiger charge is 2.47. The largest absolute Gasteiger partial charge is 0.509 e. The van der Waals surface area contributed by atoms with Crippen molar-refractivity contribution in [1.82, 2.24) is 0 Å². The molecule has 9 nitrogen and oxygen atoms in total. The molecule has 0 aliphatic heterocycles. The van der Waals surface area contributed by atoms with Gasteiger partial charge in [-0.25, -0.2) is 0 Å². The molecule has 27 heavy (non-hydrogen) atoms. The third-order valence-electron chi connectivity index (χ3n) is 4.09. The van der Waals surface area contributed by atoms with Crippen molar-refractivity contribution < 1.29 is 24.4 Å². The summed E-state index contributed by atoms with van der Waals surface area (Å²) in [5.41, 5.74) is -1.85. The molecule has 10 heteroatoms. The maximum Gasteiger partial charge on any atom is 0.317 e. The van der Waals surface area contributed by atoms with E-state index in [9.17, 15) is 24.8 Å². The minimum atomic E-state index is -1.09. The number of rotatable bonds is 5. The van der Waals surface area contributed by atoms with Crippen LogP contribution in [0.5, 0.6) is 0 Å². The van der Waals surface area contributed by atoms with Crippen LogP contribution in [0.1, 0.15) is 27.2 Å². The van der Waals surface area contributed by atoms with Crippen LogP contribution >= 0.6 is 11.6 Å². The van der Waals surface area contributed by atoms with Gasteiger partial charge in [0.1, 0.15) is 11.7 Å². The highest BCUT2D eigenvalue weighted by molar-refractivity contribution is 6.30. The molecule has 1 aliphatic carbocycles. The number of halogens is 1. The SMILES string of the molecule is CCOC(=O)C1C(O)=C(N=Nc2ccc(Cl)cc2[N+](=O)[O-])C(=O)CC1(C)C. The summed E-state index contributed by atoms with van der Waals surface area (Å²) in [6, 6.07) is 3.74. The number of nitrogens with zero attached hydrogens (tertiary/aromatic N) is 3. The van der Waals surface area contributed by atoms with E-state index in [0.717, 1.165) is 6.07 Å². The van der Waals surface area contributed by atoms with Crippen LogP contribution < -0.4 is 0 Å². The summed E-state index contributed by atoms with van der Waals surface area (Å²) >= 11 is 5.74. The molecule has 0 bridgehead atoms. The molecule has 0 fully saturated rings. The molecule has 1 atom stereocenters. The van der Waals surface area contributed by atoms with Crippen LogP contribution in [0.15, 0.2) is 39.9 Å². The van der Waals surface area contributed by atoms with Gasteiger partial charge in [-0.1, -0.05) is 25.4 Å². The van der Waals surface area contributed by atoms with E-state index in [1.54, 1.807) is 20.8 Å². The first-order chi connectivity index (χ1) is 12.6. The molecule has 0 saturated carbocycles. The maximum absolute atomic E-state index is 12.4. The van der Waals surface area contributed by atoms with Gasteiger partial charge in [0.05, 0.1) is 11.5 Å². The lowest BCUT2D eigenvalue weighted by Gasteiger charge is -2.35. The van der Waals surface area contributed by atoms with Crippen molar-refractivity contribution >= 4 is 34.7 Å². The first-order valence-electron chi connectivity index (χ1n) is 8.07. The Labute approximate surface area is 159 Å². The zero-order chi connectivity index (χ0) is 20.4. The molecule has 1 aromatic rings. The van der Waals surface area contributed by atoms with E-state index >= 15 is 0 Å². The Kier molecular flexibility index (Phi) is 5.94. The van der Waals surface area contributed by atoms with Crippen molar-refractivity contribution in [1.29, 1.82) is 0 Å². The van der Waals surface area contributed by atoms with Gasteiger partial charge in [-0.15, -0.1) is 10.2 Å². The Morgan fingerprint density at radius 1 is 1.44 bits per heavy atom. The normalized spacial score (nSPS) is 19.4. The molecule has 0 saturated heterocycles. The van der Waals surface area contributed by atoms with E-state index in [4.69, 9.17) is 16.3 Å².